The SMILES string of the molecule is CO[C@@H](C(=O)NC(CCN(C)C)c1ccc(C)cc1)c1ccccc1. The van der Waals surface area contributed by atoms with Crippen molar-refractivity contribution in [3.05, 3.63) is 71.3 Å². The van der Waals surface area contributed by atoms with Gasteiger partial charge in [0.1, 0.15) is 0 Å². The number of carbonyl (C=O) groups is 1. The van der Waals surface area contributed by atoms with Crippen molar-refractivity contribution >= 4 is 5.91 Å². The summed E-state index contributed by atoms with van der Waals surface area (Å²) in [5, 5.41) is 3.17. The summed E-state index contributed by atoms with van der Waals surface area (Å²) in [4.78, 5) is 14.9. The van der Waals surface area contributed by atoms with Crippen molar-refractivity contribution in [1.29, 1.82) is 0 Å². The lowest BCUT2D eigenvalue weighted by Gasteiger charge is -2.24. The molecule has 4 nitrogen and oxygen atoms in total. The first-order valence-electron chi connectivity index (χ1n) is 8.60. The number of ether oxygens (including phenoxy) is 1. The fraction of sp³-hybridized carbons (Fsp3) is 0.381. The normalized spacial score (nSPS) is 13.5. The molecule has 1 N–H and O–H groups in total. The van der Waals surface area contributed by atoms with Gasteiger partial charge in [-0.25, -0.2) is 0 Å². The highest BCUT2D eigenvalue weighted by Gasteiger charge is 2.23. The smallest absolute Gasteiger partial charge is 0.254 e. The lowest BCUT2D eigenvalue weighted by atomic mass is 10.0. The second kappa shape index (κ2) is 9.35. The molecule has 0 spiro atoms. The molecule has 0 bridgehead atoms. The highest BCUT2D eigenvalue weighted by Crippen LogP contribution is 2.22. The van der Waals surface area contributed by atoms with Gasteiger partial charge in [0, 0.05) is 7.11 Å². The minimum Gasteiger partial charge on any atom is -0.367 e. The van der Waals surface area contributed by atoms with Gasteiger partial charge in [-0.2, -0.15) is 0 Å². The quantitative estimate of drug-likeness (QED) is 0.800. The van der Waals surface area contributed by atoms with E-state index < -0.39 is 6.10 Å². The van der Waals surface area contributed by atoms with Gasteiger partial charge in [-0.05, 0) is 45.1 Å². The van der Waals surface area contributed by atoms with E-state index in [4.69, 9.17) is 4.74 Å². The first kappa shape index (κ1) is 19.2. The van der Waals surface area contributed by atoms with Crippen molar-refractivity contribution < 1.29 is 9.53 Å². The number of nitrogens with zero attached hydrogens (tertiary/aromatic N) is 1. The van der Waals surface area contributed by atoms with Crippen LogP contribution >= 0.6 is 0 Å². The molecule has 0 heterocycles. The van der Waals surface area contributed by atoms with Crippen LogP contribution in [0.5, 0.6) is 0 Å². The molecule has 0 aliphatic heterocycles. The van der Waals surface area contributed by atoms with E-state index in [1.54, 1.807) is 7.11 Å². The van der Waals surface area contributed by atoms with Crippen LogP contribution in [0.3, 0.4) is 0 Å². The van der Waals surface area contributed by atoms with Gasteiger partial charge >= 0.3 is 0 Å². The second-order valence-electron chi connectivity index (χ2n) is 6.59. The number of nitrogens with one attached hydrogen (secondary N) is 1. The number of aryl methyl sites for hydroxylation is 1. The Labute approximate surface area is 150 Å². The Kier molecular flexibility index (Phi) is 7.16. The van der Waals surface area contributed by atoms with Gasteiger partial charge in [0.2, 0.25) is 0 Å². The van der Waals surface area contributed by atoms with Crippen LogP contribution in [0.25, 0.3) is 0 Å². The predicted molar refractivity (Wildman–Crippen MR) is 101 cm³/mol. The van der Waals surface area contributed by atoms with E-state index in [2.05, 4.69) is 41.4 Å². The highest BCUT2D eigenvalue weighted by molar-refractivity contribution is 5.82. The standard InChI is InChI=1S/C21H28N2O2/c1-16-10-12-17(13-11-16)19(14-15-23(2)3)22-21(24)20(25-4)18-8-6-5-7-9-18/h5-13,19-20H,14-15H2,1-4H3,(H,22,24)/t19?,20-/m1/s1. The Morgan fingerprint density at radius 3 is 2.24 bits per heavy atom. The van der Waals surface area contributed by atoms with Gasteiger partial charge in [-0.15, -0.1) is 0 Å². The molecular formula is C21H28N2O2. The molecule has 2 rings (SSSR count). The van der Waals surface area contributed by atoms with Crippen molar-refractivity contribution in [2.45, 2.75) is 25.5 Å². The van der Waals surface area contributed by atoms with Crippen molar-refractivity contribution in [2.75, 3.05) is 27.7 Å². The Hall–Kier alpha value is -2.17. The van der Waals surface area contributed by atoms with Gasteiger partial charge < -0.3 is 15.0 Å². The molecule has 0 aliphatic rings. The third kappa shape index (κ3) is 5.69. The van der Waals surface area contributed by atoms with Crippen LogP contribution < -0.4 is 5.32 Å². The summed E-state index contributed by atoms with van der Waals surface area (Å²) in [5.74, 6) is -0.113. The van der Waals surface area contributed by atoms with E-state index in [-0.39, 0.29) is 11.9 Å². The average molecular weight is 340 g/mol. The first-order valence-corrected chi connectivity index (χ1v) is 8.60. The second-order valence-corrected chi connectivity index (χ2v) is 6.59. The number of methoxy groups -OCH3 is 1. The number of benzene rings is 2. The predicted octanol–water partition coefficient (Wildman–Crippen LogP) is 3.49. The summed E-state index contributed by atoms with van der Waals surface area (Å²) >= 11 is 0. The van der Waals surface area contributed by atoms with Gasteiger partial charge in [-0.1, -0.05) is 60.2 Å². The zero-order valence-corrected chi connectivity index (χ0v) is 15.5. The Morgan fingerprint density at radius 2 is 1.68 bits per heavy atom. The van der Waals surface area contributed by atoms with Crippen LogP contribution in [0.15, 0.2) is 54.6 Å². The van der Waals surface area contributed by atoms with Crippen LogP contribution in [-0.2, 0) is 9.53 Å². The molecule has 0 aliphatic carbocycles. The fourth-order valence-corrected chi connectivity index (χ4v) is 2.78. The van der Waals surface area contributed by atoms with Gasteiger partial charge in [-0.3, -0.25) is 4.79 Å². The van der Waals surface area contributed by atoms with E-state index in [0.717, 1.165) is 24.1 Å². The van der Waals surface area contributed by atoms with E-state index in [1.165, 1.54) is 5.56 Å². The van der Waals surface area contributed by atoms with Gasteiger partial charge in [0.05, 0.1) is 6.04 Å². The van der Waals surface area contributed by atoms with Crippen LogP contribution in [0, 0.1) is 6.92 Å². The molecule has 0 aromatic heterocycles. The molecule has 4 heteroatoms. The molecule has 134 valence electrons. The molecule has 2 aromatic rings. The van der Waals surface area contributed by atoms with Gasteiger partial charge in [0.15, 0.2) is 6.10 Å². The van der Waals surface area contributed by atoms with Crippen LogP contribution in [-0.4, -0.2) is 38.6 Å². The Bertz CT molecular complexity index is 653. The van der Waals surface area contributed by atoms with E-state index in [9.17, 15) is 4.79 Å². The Morgan fingerprint density at radius 1 is 1.04 bits per heavy atom. The number of amides is 1. The summed E-state index contributed by atoms with van der Waals surface area (Å²) < 4.78 is 5.46. The molecule has 0 radical (unpaired) electrons. The minimum absolute atomic E-state index is 0.0446. The molecule has 2 atom stereocenters. The molecular weight excluding hydrogens is 312 g/mol. The summed E-state index contributed by atoms with van der Waals surface area (Å²) in [5.41, 5.74) is 3.18. The van der Waals surface area contributed by atoms with Crippen LogP contribution in [0.2, 0.25) is 0 Å². The summed E-state index contributed by atoms with van der Waals surface area (Å²) in [6.45, 7) is 2.95. The average Bonchev–Trinajstić information content (AvgIpc) is 2.61. The fourth-order valence-electron chi connectivity index (χ4n) is 2.78. The minimum atomic E-state index is -0.603. The van der Waals surface area contributed by atoms with Crippen molar-refractivity contribution in [3.63, 3.8) is 0 Å². The molecule has 0 saturated heterocycles. The van der Waals surface area contributed by atoms with E-state index in [1.807, 2.05) is 44.4 Å². The summed E-state index contributed by atoms with van der Waals surface area (Å²) in [6, 6.07) is 17.9. The summed E-state index contributed by atoms with van der Waals surface area (Å²) in [6.07, 6.45) is 0.237. The number of hydrogen-bond donors (Lipinski definition) is 1. The topological polar surface area (TPSA) is 41.6 Å². The number of rotatable bonds is 8. The highest BCUT2D eigenvalue weighted by atomic mass is 16.5. The zero-order chi connectivity index (χ0) is 18.2. The number of hydrogen-bond acceptors (Lipinski definition) is 3. The monoisotopic (exact) mass is 340 g/mol. The molecule has 2 aromatic carbocycles. The lowest BCUT2D eigenvalue weighted by Crippen LogP contribution is -2.35. The zero-order valence-electron chi connectivity index (χ0n) is 15.5. The molecule has 0 fully saturated rings. The maximum absolute atomic E-state index is 12.8. The van der Waals surface area contributed by atoms with Crippen LogP contribution in [0.1, 0.15) is 35.3 Å². The molecule has 25 heavy (non-hydrogen) atoms. The lowest BCUT2D eigenvalue weighted by molar-refractivity contribution is -0.132. The van der Waals surface area contributed by atoms with Crippen LogP contribution in [0.4, 0.5) is 0 Å². The van der Waals surface area contributed by atoms with Crippen molar-refractivity contribution in [2.24, 2.45) is 0 Å². The third-order valence-electron chi connectivity index (χ3n) is 4.24. The Balaban J connectivity index is 2.16. The van der Waals surface area contributed by atoms with E-state index >= 15 is 0 Å². The number of carbonyl (C=O) groups excluding carboxylic acids is 1. The van der Waals surface area contributed by atoms with E-state index in [0.29, 0.717) is 0 Å². The van der Waals surface area contributed by atoms with Crippen molar-refractivity contribution in [1.82, 2.24) is 10.2 Å². The molecule has 1 unspecified atom stereocenters. The molecule has 1 amide bonds. The molecule has 0 saturated carbocycles. The maximum Gasteiger partial charge on any atom is 0.254 e. The van der Waals surface area contributed by atoms with Gasteiger partial charge in [0.25, 0.3) is 5.91 Å². The summed E-state index contributed by atoms with van der Waals surface area (Å²) in [7, 11) is 5.64. The van der Waals surface area contributed by atoms with Crippen molar-refractivity contribution in [3.8, 4) is 0 Å². The first-order chi connectivity index (χ1) is 12.0. The third-order valence-corrected chi connectivity index (χ3v) is 4.24. The maximum atomic E-state index is 12.8. The largest absolute Gasteiger partial charge is 0.367 e.